The molecule has 5 heteroatoms. The number of nitrogens with one attached hydrogen (secondary N) is 1. The Hall–Kier alpha value is -2.82. The molecule has 0 unspecified atom stereocenters. The summed E-state index contributed by atoms with van der Waals surface area (Å²) in [6.07, 6.45) is 2.05. The maximum absolute atomic E-state index is 12.0. The number of hydrogen-bond acceptors (Lipinski definition) is 4. The van der Waals surface area contributed by atoms with Gasteiger partial charge >= 0.3 is 5.97 Å². The number of ether oxygens (including phenoxy) is 2. The van der Waals surface area contributed by atoms with Crippen LogP contribution in [-0.2, 0) is 16.1 Å². The summed E-state index contributed by atoms with van der Waals surface area (Å²) in [4.78, 5) is 23.8. The molecule has 1 N–H and O–H groups in total. The predicted octanol–water partition coefficient (Wildman–Crippen LogP) is 3.65. The van der Waals surface area contributed by atoms with Gasteiger partial charge in [0.1, 0.15) is 5.75 Å². The quantitative estimate of drug-likeness (QED) is 0.551. The van der Waals surface area contributed by atoms with E-state index in [1.54, 1.807) is 24.3 Å². The Labute approximate surface area is 154 Å². The first-order chi connectivity index (χ1) is 12.6. The molecule has 5 nitrogen and oxygen atoms in total. The molecule has 2 aromatic rings. The lowest BCUT2D eigenvalue weighted by Gasteiger charge is -2.08. The number of esters is 1. The largest absolute Gasteiger partial charge is 0.494 e. The molecule has 0 bridgehead atoms. The van der Waals surface area contributed by atoms with E-state index in [-0.39, 0.29) is 12.5 Å². The molecule has 0 aliphatic rings. The summed E-state index contributed by atoms with van der Waals surface area (Å²) in [6.45, 7) is 4.84. The van der Waals surface area contributed by atoms with Crippen LogP contribution >= 0.6 is 0 Å². The highest BCUT2D eigenvalue weighted by Crippen LogP contribution is 2.13. The zero-order chi connectivity index (χ0) is 18.8. The van der Waals surface area contributed by atoms with Gasteiger partial charge in [0.2, 0.25) is 0 Å². The van der Waals surface area contributed by atoms with E-state index in [0.717, 1.165) is 24.0 Å². The molecule has 0 aromatic heterocycles. The van der Waals surface area contributed by atoms with Gasteiger partial charge in [0.05, 0.1) is 12.2 Å². The molecule has 0 saturated carbocycles. The van der Waals surface area contributed by atoms with Crippen LogP contribution in [-0.4, -0.2) is 25.1 Å². The van der Waals surface area contributed by atoms with Crippen molar-refractivity contribution in [1.29, 1.82) is 0 Å². The molecule has 0 atom stereocenters. The van der Waals surface area contributed by atoms with Crippen LogP contribution in [0.5, 0.6) is 5.75 Å². The fourth-order valence-electron chi connectivity index (χ4n) is 2.31. The molecule has 138 valence electrons. The van der Waals surface area contributed by atoms with Crippen LogP contribution in [0.2, 0.25) is 0 Å². The Morgan fingerprint density at radius 3 is 2.54 bits per heavy atom. The molecule has 0 aliphatic carbocycles. The van der Waals surface area contributed by atoms with E-state index >= 15 is 0 Å². The highest BCUT2D eigenvalue weighted by Gasteiger charge is 2.10. The lowest BCUT2D eigenvalue weighted by Crippen LogP contribution is -2.28. The van der Waals surface area contributed by atoms with Gasteiger partial charge < -0.3 is 14.8 Å². The van der Waals surface area contributed by atoms with Gasteiger partial charge in [0, 0.05) is 6.54 Å². The Bertz CT molecular complexity index is 725. The highest BCUT2D eigenvalue weighted by atomic mass is 16.5. The summed E-state index contributed by atoms with van der Waals surface area (Å²) >= 11 is 0. The van der Waals surface area contributed by atoms with Gasteiger partial charge in [-0.25, -0.2) is 4.79 Å². The van der Waals surface area contributed by atoms with Crippen molar-refractivity contribution in [3.8, 4) is 5.75 Å². The summed E-state index contributed by atoms with van der Waals surface area (Å²) in [5.41, 5.74) is 2.52. The summed E-state index contributed by atoms with van der Waals surface area (Å²) in [5.74, 6) is -0.152. The van der Waals surface area contributed by atoms with Gasteiger partial charge in [0.15, 0.2) is 6.61 Å². The Balaban J connectivity index is 1.74. The molecule has 2 aromatic carbocycles. The van der Waals surface area contributed by atoms with Crippen LogP contribution < -0.4 is 10.1 Å². The first-order valence-electron chi connectivity index (χ1n) is 8.80. The van der Waals surface area contributed by atoms with Crippen molar-refractivity contribution in [1.82, 2.24) is 5.32 Å². The molecule has 0 aliphatic heterocycles. The Morgan fingerprint density at radius 1 is 1.08 bits per heavy atom. The standard InChI is InChI=1S/C21H25NO4/c1-3-4-12-25-19-10-8-18(9-11-19)21(24)26-15-20(23)22-14-17-7-5-6-16(2)13-17/h5-11,13H,3-4,12,14-15H2,1-2H3,(H,22,23). The normalized spacial score (nSPS) is 10.2. The van der Waals surface area contributed by atoms with Gasteiger partial charge in [-0.2, -0.15) is 0 Å². The van der Waals surface area contributed by atoms with Crippen LogP contribution in [0.15, 0.2) is 48.5 Å². The van der Waals surface area contributed by atoms with Crippen LogP contribution in [0.25, 0.3) is 0 Å². The zero-order valence-corrected chi connectivity index (χ0v) is 15.3. The minimum atomic E-state index is -0.532. The molecule has 26 heavy (non-hydrogen) atoms. The molecule has 0 fully saturated rings. The third-order valence-corrected chi connectivity index (χ3v) is 3.76. The van der Waals surface area contributed by atoms with Crippen LogP contribution in [0.1, 0.15) is 41.3 Å². The molecule has 1 amide bonds. The summed E-state index contributed by atoms with van der Waals surface area (Å²) in [5, 5.41) is 2.73. The third-order valence-electron chi connectivity index (χ3n) is 3.76. The fraction of sp³-hybridized carbons (Fsp3) is 0.333. The maximum atomic E-state index is 12.0. The number of carbonyl (C=O) groups is 2. The van der Waals surface area contributed by atoms with E-state index in [1.165, 1.54) is 0 Å². The molecular formula is C21H25NO4. The third kappa shape index (κ3) is 6.59. The number of hydrogen-bond donors (Lipinski definition) is 1. The number of benzene rings is 2. The Kier molecular flexibility index (Phi) is 7.68. The number of aryl methyl sites for hydroxylation is 1. The molecule has 2 rings (SSSR count). The summed E-state index contributed by atoms with van der Waals surface area (Å²) < 4.78 is 10.6. The van der Waals surface area contributed by atoms with Crippen molar-refractivity contribution in [3.63, 3.8) is 0 Å². The minimum absolute atomic E-state index is 0.306. The maximum Gasteiger partial charge on any atom is 0.338 e. The van der Waals surface area contributed by atoms with Crippen molar-refractivity contribution < 1.29 is 19.1 Å². The van der Waals surface area contributed by atoms with Gasteiger partial charge in [-0.05, 0) is 43.2 Å². The fourth-order valence-corrected chi connectivity index (χ4v) is 2.31. The highest BCUT2D eigenvalue weighted by molar-refractivity contribution is 5.91. The lowest BCUT2D eigenvalue weighted by molar-refractivity contribution is -0.124. The number of amides is 1. The lowest BCUT2D eigenvalue weighted by atomic mass is 10.1. The van der Waals surface area contributed by atoms with E-state index in [4.69, 9.17) is 9.47 Å². The summed E-state index contributed by atoms with van der Waals surface area (Å²) in [7, 11) is 0. The van der Waals surface area contributed by atoms with Crippen molar-refractivity contribution in [2.24, 2.45) is 0 Å². The van der Waals surface area contributed by atoms with Crippen LogP contribution in [0.3, 0.4) is 0 Å². The first kappa shape index (κ1) is 19.5. The molecular weight excluding hydrogens is 330 g/mol. The van der Waals surface area contributed by atoms with E-state index in [9.17, 15) is 9.59 Å². The van der Waals surface area contributed by atoms with Gasteiger partial charge in [-0.1, -0.05) is 43.2 Å². The van der Waals surface area contributed by atoms with Crippen molar-refractivity contribution in [2.75, 3.05) is 13.2 Å². The van der Waals surface area contributed by atoms with Gasteiger partial charge in [-0.15, -0.1) is 0 Å². The topological polar surface area (TPSA) is 64.6 Å². The second kappa shape index (κ2) is 10.2. The number of carbonyl (C=O) groups excluding carboxylic acids is 2. The second-order valence-corrected chi connectivity index (χ2v) is 6.07. The number of unbranched alkanes of at least 4 members (excludes halogenated alkanes) is 1. The summed E-state index contributed by atoms with van der Waals surface area (Å²) in [6, 6.07) is 14.6. The number of rotatable bonds is 9. The zero-order valence-electron chi connectivity index (χ0n) is 15.3. The minimum Gasteiger partial charge on any atom is -0.494 e. The molecule has 0 radical (unpaired) electrons. The van der Waals surface area contributed by atoms with Crippen LogP contribution in [0.4, 0.5) is 0 Å². The van der Waals surface area contributed by atoms with Gasteiger partial charge in [-0.3, -0.25) is 4.79 Å². The molecule has 0 spiro atoms. The van der Waals surface area contributed by atoms with Crippen molar-refractivity contribution in [2.45, 2.75) is 33.2 Å². The average Bonchev–Trinajstić information content (AvgIpc) is 2.65. The van der Waals surface area contributed by atoms with E-state index in [1.807, 2.05) is 31.2 Å². The van der Waals surface area contributed by atoms with E-state index in [2.05, 4.69) is 12.2 Å². The smallest absolute Gasteiger partial charge is 0.338 e. The van der Waals surface area contributed by atoms with Crippen molar-refractivity contribution in [3.05, 3.63) is 65.2 Å². The van der Waals surface area contributed by atoms with Crippen LogP contribution in [0, 0.1) is 6.92 Å². The molecule has 0 saturated heterocycles. The average molecular weight is 355 g/mol. The Morgan fingerprint density at radius 2 is 1.85 bits per heavy atom. The van der Waals surface area contributed by atoms with E-state index < -0.39 is 5.97 Å². The first-order valence-corrected chi connectivity index (χ1v) is 8.80. The monoisotopic (exact) mass is 355 g/mol. The predicted molar refractivity (Wildman–Crippen MR) is 100 cm³/mol. The van der Waals surface area contributed by atoms with E-state index in [0.29, 0.717) is 24.5 Å². The molecule has 0 heterocycles. The second-order valence-electron chi connectivity index (χ2n) is 6.07. The van der Waals surface area contributed by atoms with Gasteiger partial charge in [0.25, 0.3) is 5.91 Å². The SMILES string of the molecule is CCCCOc1ccc(C(=O)OCC(=O)NCc2cccc(C)c2)cc1. The van der Waals surface area contributed by atoms with Crippen molar-refractivity contribution >= 4 is 11.9 Å².